The van der Waals surface area contributed by atoms with Crippen LogP contribution in [-0.2, 0) is 9.63 Å². The summed E-state index contributed by atoms with van der Waals surface area (Å²) in [6.07, 6.45) is 0. The van der Waals surface area contributed by atoms with Gasteiger partial charge in [-0.25, -0.2) is 4.79 Å². The van der Waals surface area contributed by atoms with E-state index < -0.39 is 5.97 Å². The van der Waals surface area contributed by atoms with Crippen LogP contribution in [0.5, 0.6) is 5.75 Å². The normalized spacial score (nSPS) is 10.9. The standard InChI is InChI=1S/C10H11NO4/c1-14-8-6-4-3-5-7(8)9(10(12)13)11-15-2/h3-6H,1-2H3,(H,12,13). The Balaban J connectivity index is 3.22. The molecule has 1 aromatic rings. The minimum Gasteiger partial charge on any atom is -0.496 e. The summed E-state index contributed by atoms with van der Waals surface area (Å²) in [5.41, 5.74) is 0.198. The van der Waals surface area contributed by atoms with Gasteiger partial charge in [0.2, 0.25) is 0 Å². The molecule has 80 valence electrons. The zero-order valence-electron chi connectivity index (χ0n) is 8.43. The average molecular weight is 209 g/mol. The molecular formula is C10H11NO4. The monoisotopic (exact) mass is 209 g/mol. The summed E-state index contributed by atoms with van der Waals surface area (Å²) in [5, 5.41) is 12.4. The van der Waals surface area contributed by atoms with Crippen LogP contribution in [-0.4, -0.2) is 31.0 Å². The molecule has 0 aliphatic heterocycles. The maximum atomic E-state index is 10.9. The molecule has 1 N–H and O–H groups in total. The summed E-state index contributed by atoms with van der Waals surface area (Å²) in [5.74, 6) is -0.725. The molecule has 0 atom stereocenters. The number of benzene rings is 1. The van der Waals surface area contributed by atoms with Gasteiger partial charge in [-0.2, -0.15) is 0 Å². The summed E-state index contributed by atoms with van der Waals surface area (Å²) in [6.45, 7) is 0. The summed E-state index contributed by atoms with van der Waals surface area (Å²) in [6, 6.07) is 6.70. The molecule has 1 aromatic carbocycles. The SMILES string of the molecule is CON=C(C(=O)O)c1ccccc1OC. The number of oxime groups is 1. The first kappa shape index (κ1) is 11.0. The fraction of sp³-hybridized carbons (Fsp3) is 0.200. The highest BCUT2D eigenvalue weighted by atomic mass is 16.6. The van der Waals surface area contributed by atoms with Gasteiger partial charge in [-0.3, -0.25) is 0 Å². The largest absolute Gasteiger partial charge is 0.496 e. The van der Waals surface area contributed by atoms with E-state index in [1.807, 2.05) is 0 Å². The molecule has 1 rings (SSSR count). The van der Waals surface area contributed by atoms with Crippen LogP contribution >= 0.6 is 0 Å². The Kier molecular flexibility index (Phi) is 3.68. The zero-order chi connectivity index (χ0) is 11.3. The van der Waals surface area contributed by atoms with Crippen molar-refractivity contribution in [2.24, 2.45) is 5.16 Å². The Bertz CT molecular complexity index is 387. The number of aliphatic carboxylic acids is 1. The van der Waals surface area contributed by atoms with Gasteiger partial charge in [-0.05, 0) is 12.1 Å². The highest BCUT2D eigenvalue weighted by Crippen LogP contribution is 2.18. The topological polar surface area (TPSA) is 68.1 Å². The lowest BCUT2D eigenvalue weighted by Gasteiger charge is -2.06. The van der Waals surface area contributed by atoms with E-state index in [4.69, 9.17) is 9.84 Å². The molecule has 0 bridgehead atoms. The van der Waals surface area contributed by atoms with Gasteiger partial charge in [0.05, 0.1) is 12.7 Å². The number of para-hydroxylation sites is 1. The van der Waals surface area contributed by atoms with Gasteiger partial charge in [0.1, 0.15) is 12.9 Å². The van der Waals surface area contributed by atoms with Crippen molar-refractivity contribution < 1.29 is 19.5 Å². The van der Waals surface area contributed by atoms with E-state index in [1.165, 1.54) is 14.2 Å². The number of carboxylic acid groups (broad SMARTS) is 1. The van der Waals surface area contributed by atoms with Crippen LogP contribution in [0.25, 0.3) is 0 Å². The fourth-order valence-electron chi connectivity index (χ4n) is 1.13. The molecule has 0 saturated heterocycles. The smallest absolute Gasteiger partial charge is 0.358 e. The molecule has 0 fully saturated rings. The minimum absolute atomic E-state index is 0.185. The predicted octanol–water partition coefficient (Wildman–Crippen LogP) is 1.13. The van der Waals surface area contributed by atoms with Gasteiger partial charge in [0.25, 0.3) is 0 Å². The van der Waals surface area contributed by atoms with Crippen molar-refractivity contribution in [3.8, 4) is 5.75 Å². The van der Waals surface area contributed by atoms with Crippen molar-refractivity contribution in [2.45, 2.75) is 0 Å². The fourth-order valence-corrected chi connectivity index (χ4v) is 1.13. The van der Waals surface area contributed by atoms with Gasteiger partial charge in [0, 0.05) is 0 Å². The van der Waals surface area contributed by atoms with E-state index >= 15 is 0 Å². The highest BCUT2D eigenvalue weighted by Gasteiger charge is 2.17. The van der Waals surface area contributed by atoms with Gasteiger partial charge in [-0.15, -0.1) is 0 Å². The third kappa shape index (κ3) is 2.46. The number of hydrogen-bond acceptors (Lipinski definition) is 4. The number of carbonyl (C=O) groups is 1. The van der Waals surface area contributed by atoms with Gasteiger partial charge >= 0.3 is 5.97 Å². The Morgan fingerprint density at radius 2 is 2.00 bits per heavy atom. The van der Waals surface area contributed by atoms with E-state index in [-0.39, 0.29) is 5.71 Å². The molecule has 0 aromatic heterocycles. The summed E-state index contributed by atoms with van der Waals surface area (Å²) < 4.78 is 5.02. The van der Waals surface area contributed by atoms with Gasteiger partial charge in [0.15, 0.2) is 5.71 Å². The average Bonchev–Trinajstić information content (AvgIpc) is 2.25. The Labute approximate surface area is 86.9 Å². The summed E-state index contributed by atoms with van der Waals surface area (Å²) in [7, 11) is 2.75. The van der Waals surface area contributed by atoms with Crippen LogP contribution < -0.4 is 4.74 Å². The predicted molar refractivity (Wildman–Crippen MR) is 54.2 cm³/mol. The number of carboxylic acids is 1. The van der Waals surface area contributed by atoms with Crippen LogP contribution in [0.15, 0.2) is 29.4 Å². The van der Waals surface area contributed by atoms with E-state index in [1.54, 1.807) is 24.3 Å². The Morgan fingerprint density at radius 1 is 1.33 bits per heavy atom. The van der Waals surface area contributed by atoms with Crippen molar-refractivity contribution >= 4 is 11.7 Å². The molecule has 0 unspecified atom stereocenters. The van der Waals surface area contributed by atoms with Crippen LogP contribution in [0, 0.1) is 0 Å². The summed E-state index contributed by atoms with van der Waals surface area (Å²) >= 11 is 0. The Morgan fingerprint density at radius 3 is 2.53 bits per heavy atom. The second kappa shape index (κ2) is 4.99. The minimum atomic E-state index is -1.17. The number of methoxy groups -OCH3 is 1. The van der Waals surface area contributed by atoms with E-state index in [2.05, 4.69) is 9.99 Å². The van der Waals surface area contributed by atoms with Crippen molar-refractivity contribution in [1.82, 2.24) is 0 Å². The number of ether oxygens (including phenoxy) is 1. The maximum absolute atomic E-state index is 10.9. The van der Waals surface area contributed by atoms with Crippen molar-refractivity contribution in [2.75, 3.05) is 14.2 Å². The quantitative estimate of drug-likeness (QED) is 0.596. The zero-order valence-corrected chi connectivity index (χ0v) is 8.43. The van der Waals surface area contributed by atoms with Crippen molar-refractivity contribution in [3.63, 3.8) is 0 Å². The number of rotatable bonds is 4. The molecule has 0 amide bonds. The first-order chi connectivity index (χ1) is 7.20. The lowest BCUT2D eigenvalue weighted by molar-refractivity contribution is -0.129. The third-order valence-electron chi connectivity index (χ3n) is 1.75. The van der Waals surface area contributed by atoms with Crippen LogP contribution in [0.1, 0.15) is 5.56 Å². The Hall–Kier alpha value is -2.04. The molecule has 15 heavy (non-hydrogen) atoms. The van der Waals surface area contributed by atoms with E-state index in [9.17, 15) is 4.79 Å². The molecule has 0 aliphatic rings. The number of nitrogens with zero attached hydrogens (tertiary/aromatic N) is 1. The molecular weight excluding hydrogens is 198 g/mol. The maximum Gasteiger partial charge on any atom is 0.358 e. The molecule has 0 radical (unpaired) electrons. The van der Waals surface area contributed by atoms with Crippen molar-refractivity contribution in [3.05, 3.63) is 29.8 Å². The first-order valence-corrected chi connectivity index (χ1v) is 4.18. The highest BCUT2D eigenvalue weighted by molar-refractivity contribution is 6.43. The molecule has 5 heteroatoms. The second-order valence-electron chi connectivity index (χ2n) is 2.63. The van der Waals surface area contributed by atoms with Gasteiger partial charge < -0.3 is 14.7 Å². The van der Waals surface area contributed by atoms with E-state index in [0.717, 1.165) is 0 Å². The lowest BCUT2D eigenvalue weighted by atomic mass is 10.1. The van der Waals surface area contributed by atoms with Crippen molar-refractivity contribution in [1.29, 1.82) is 0 Å². The van der Waals surface area contributed by atoms with Gasteiger partial charge in [-0.1, -0.05) is 17.3 Å². The molecule has 0 spiro atoms. The molecule has 0 aliphatic carbocycles. The lowest BCUT2D eigenvalue weighted by Crippen LogP contribution is -2.15. The molecule has 0 heterocycles. The van der Waals surface area contributed by atoms with Crippen LogP contribution in [0.2, 0.25) is 0 Å². The van der Waals surface area contributed by atoms with E-state index in [0.29, 0.717) is 11.3 Å². The molecule has 0 saturated carbocycles. The second-order valence-corrected chi connectivity index (χ2v) is 2.63. The molecule has 5 nitrogen and oxygen atoms in total. The summed E-state index contributed by atoms with van der Waals surface area (Å²) in [4.78, 5) is 15.4. The van der Waals surface area contributed by atoms with Crippen LogP contribution in [0.3, 0.4) is 0 Å². The first-order valence-electron chi connectivity index (χ1n) is 4.18. The number of hydrogen-bond donors (Lipinski definition) is 1. The van der Waals surface area contributed by atoms with Crippen LogP contribution in [0.4, 0.5) is 0 Å². The third-order valence-corrected chi connectivity index (χ3v) is 1.75.